The monoisotopic (exact) mass is 308 g/mol. The number of nitrogens with zero attached hydrogens (tertiary/aromatic N) is 3. The number of likely N-dealkylation sites (N-methyl/N-ethyl adjacent to an activating group) is 1. The molecule has 0 atom stereocenters. The van der Waals surface area contributed by atoms with Gasteiger partial charge < -0.3 is 4.90 Å². The van der Waals surface area contributed by atoms with E-state index < -0.39 is 0 Å². The van der Waals surface area contributed by atoms with Crippen LogP contribution in [0.1, 0.15) is 12.5 Å². The average Bonchev–Trinajstić information content (AvgIpc) is 2.50. The van der Waals surface area contributed by atoms with Crippen LogP contribution in [0.15, 0.2) is 29.4 Å². The van der Waals surface area contributed by atoms with E-state index in [-0.39, 0.29) is 5.91 Å². The highest BCUT2D eigenvalue weighted by molar-refractivity contribution is 6.30. The summed E-state index contributed by atoms with van der Waals surface area (Å²) in [6.07, 6.45) is 1.61. The van der Waals surface area contributed by atoms with Crippen molar-refractivity contribution in [1.82, 2.24) is 15.2 Å². The average molecular weight is 309 g/mol. The quantitative estimate of drug-likeness (QED) is 0.661. The van der Waals surface area contributed by atoms with Crippen molar-refractivity contribution < 1.29 is 4.79 Å². The Morgan fingerprint density at radius 3 is 2.48 bits per heavy atom. The third-order valence-corrected chi connectivity index (χ3v) is 3.80. The maximum Gasteiger partial charge on any atom is 0.254 e. The normalized spacial score (nSPS) is 17.2. The molecule has 1 aromatic carbocycles. The van der Waals surface area contributed by atoms with Gasteiger partial charge in [-0.05, 0) is 24.2 Å². The zero-order chi connectivity index (χ0) is 15.1. The number of hydrogen-bond acceptors (Lipinski definition) is 4. The first-order valence-electron chi connectivity index (χ1n) is 7.19. The van der Waals surface area contributed by atoms with Crippen molar-refractivity contribution in [2.45, 2.75) is 6.92 Å². The van der Waals surface area contributed by atoms with Crippen LogP contribution in [-0.4, -0.2) is 61.2 Å². The number of carbonyl (C=O) groups is 1. The van der Waals surface area contributed by atoms with E-state index in [9.17, 15) is 4.79 Å². The van der Waals surface area contributed by atoms with Gasteiger partial charge in [-0.2, -0.15) is 5.10 Å². The Balaban J connectivity index is 1.71. The molecule has 6 heteroatoms. The van der Waals surface area contributed by atoms with Crippen LogP contribution in [0, 0.1) is 0 Å². The number of hydrazone groups is 1. The van der Waals surface area contributed by atoms with Crippen molar-refractivity contribution in [2.24, 2.45) is 5.10 Å². The Labute approximate surface area is 130 Å². The van der Waals surface area contributed by atoms with Gasteiger partial charge in [0.2, 0.25) is 0 Å². The van der Waals surface area contributed by atoms with Gasteiger partial charge in [0.15, 0.2) is 0 Å². The number of benzene rings is 1. The lowest BCUT2D eigenvalue weighted by molar-refractivity contribution is -0.122. The van der Waals surface area contributed by atoms with Crippen LogP contribution >= 0.6 is 11.6 Å². The molecular formula is C15H21ClN4O. The van der Waals surface area contributed by atoms with Gasteiger partial charge >= 0.3 is 0 Å². The highest BCUT2D eigenvalue weighted by atomic mass is 35.5. The lowest BCUT2D eigenvalue weighted by Crippen LogP contribution is -2.48. The molecule has 1 aliphatic rings. The second kappa shape index (κ2) is 8.12. The van der Waals surface area contributed by atoms with E-state index in [4.69, 9.17) is 11.6 Å². The van der Waals surface area contributed by atoms with E-state index in [1.807, 2.05) is 12.1 Å². The maximum absolute atomic E-state index is 11.8. The van der Waals surface area contributed by atoms with Gasteiger partial charge in [0.25, 0.3) is 5.91 Å². The molecule has 1 saturated heterocycles. The molecule has 0 aliphatic carbocycles. The molecule has 0 radical (unpaired) electrons. The first-order chi connectivity index (χ1) is 10.2. The summed E-state index contributed by atoms with van der Waals surface area (Å²) in [5.41, 5.74) is 3.46. The number of nitrogens with one attached hydrogen (secondary N) is 1. The fourth-order valence-corrected chi connectivity index (χ4v) is 2.36. The molecule has 2 rings (SSSR count). The smallest absolute Gasteiger partial charge is 0.254 e. The SMILES string of the molecule is CCN1CCN(CC(=O)N/N=C\c2ccc(Cl)cc2)CC1. The van der Waals surface area contributed by atoms with E-state index in [1.54, 1.807) is 18.3 Å². The number of hydrogen-bond donors (Lipinski definition) is 1. The Morgan fingerprint density at radius 2 is 1.86 bits per heavy atom. The molecule has 0 unspecified atom stereocenters. The first kappa shape index (κ1) is 15.9. The molecule has 5 nitrogen and oxygen atoms in total. The minimum Gasteiger partial charge on any atom is -0.301 e. The molecule has 1 amide bonds. The van der Waals surface area contributed by atoms with Gasteiger partial charge in [0.1, 0.15) is 0 Å². The molecule has 0 aromatic heterocycles. The van der Waals surface area contributed by atoms with Crippen LogP contribution in [0.2, 0.25) is 5.02 Å². The molecule has 1 heterocycles. The molecule has 0 bridgehead atoms. The number of piperazine rings is 1. The summed E-state index contributed by atoms with van der Waals surface area (Å²) in [5, 5.41) is 4.65. The fraction of sp³-hybridized carbons (Fsp3) is 0.467. The zero-order valence-electron chi connectivity index (χ0n) is 12.3. The van der Waals surface area contributed by atoms with Gasteiger partial charge in [0.05, 0.1) is 12.8 Å². The third-order valence-electron chi connectivity index (χ3n) is 3.55. The number of carbonyl (C=O) groups excluding carboxylic acids is 1. The Morgan fingerprint density at radius 1 is 1.24 bits per heavy atom. The largest absolute Gasteiger partial charge is 0.301 e. The summed E-state index contributed by atoms with van der Waals surface area (Å²) in [6.45, 7) is 7.55. The van der Waals surface area contributed by atoms with Gasteiger partial charge in [0, 0.05) is 31.2 Å². The number of amides is 1. The molecule has 1 N–H and O–H groups in total. The third kappa shape index (κ3) is 5.46. The van der Waals surface area contributed by atoms with Crippen molar-refractivity contribution in [3.8, 4) is 0 Å². The van der Waals surface area contributed by atoms with E-state index in [0.717, 1.165) is 38.3 Å². The predicted molar refractivity (Wildman–Crippen MR) is 85.7 cm³/mol. The summed E-state index contributed by atoms with van der Waals surface area (Å²) in [4.78, 5) is 16.3. The summed E-state index contributed by atoms with van der Waals surface area (Å²) in [5.74, 6) is -0.0786. The zero-order valence-corrected chi connectivity index (χ0v) is 13.0. The van der Waals surface area contributed by atoms with Crippen LogP contribution in [0.5, 0.6) is 0 Å². The Kier molecular flexibility index (Phi) is 6.17. The maximum atomic E-state index is 11.8. The second-order valence-corrected chi connectivity index (χ2v) is 5.49. The summed E-state index contributed by atoms with van der Waals surface area (Å²) >= 11 is 5.80. The van der Waals surface area contributed by atoms with E-state index >= 15 is 0 Å². The summed E-state index contributed by atoms with van der Waals surface area (Å²) in [6, 6.07) is 7.28. The molecule has 1 aliphatic heterocycles. The van der Waals surface area contributed by atoms with Crippen molar-refractivity contribution in [3.05, 3.63) is 34.9 Å². The Bertz CT molecular complexity index is 481. The molecular weight excluding hydrogens is 288 g/mol. The van der Waals surface area contributed by atoms with Gasteiger partial charge in [-0.25, -0.2) is 5.43 Å². The lowest BCUT2D eigenvalue weighted by atomic mass is 10.2. The minimum absolute atomic E-state index is 0.0786. The highest BCUT2D eigenvalue weighted by Crippen LogP contribution is 2.07. The fourth-order valence-electron chi connectivity index (χ4n) is 2.23. The summed E-state index contributed by atoms with van der Waals surface area (Å²) in [7, 11) is 0. The van der Waals surface area contributed by atoms with Gasteiger partial charge in [-0.1, -0.05) is 30.7 Å². The van der Waals surface area contributed by atoms with Crippen LogP contribution in [0.3, 0.4) is 0 Å². The van der Waals surface area contributed by atoms with E-state index in [2.05, 4.69) is 27.3 Å². The van der Waals surface area contributed by atoms with Crippen LogP contribution < -0.4 is 5.43 Å². The van der Waals surface area contributed by atoms with Crippen LogP contribution in [0.4, 0.5) is 0 Å². The number of halogens is 1. The van der Waals surface area contributed by atoms with E-state index in [0.29, 0.717) is 11.6 Å². The lowest BCUT2D eigenvalue weighted by Gasteiger charge is -2.33. The second-order valence-electron chi connectivity index (χ2n) is 5.06. The van der Waals surface area contributed by atoms with Crippen molar-refractivity contribution in [1.29, 1.82) is 0 Å². The summed E-state index contributed by atoms with van der Waals surface area (Å²) < 4.78 is 0. The molecule has 1 fully saturated rings. The van der Waals surface area contributed by atoms with Crippen molar-refractivity contribution >= 4 is 23.7 Å². The molecule has 114 valence electrons. The standard InChI is InChI=1S/C15H21ClN4O/c1-2-19-7-9-20(10-8-19)12-15(21)18-17-11-13-3-5-14(16)6-4-13/h3-6,11H,2,7-10,12H2,1H3,(H,18,21)/b17-11-. The van der Waals surface area contributed by atoms with Gasteiger partial charge in [-0.15, -0.1) is 0 Å². The van der Waals surface area contributed by atoms with Crippen molar-refractivity contribution in [3.63, 3.8) is 0 Å². The Hall–Kier alpha value is -1.43. The molecule has 1 aromatic rings. The molecule has 0 saturated carbocycles. The molecule has 21 heavy (non-hydrogen) atoms. The highest BCUT2D eigenvalue weighted by Gasteiger charge is 2.17. The van der Waals surface area contributed by atoms with Crippen LogP contribution in [0.25, 0.3) is 0 Å². The first-order valence-corrected chi connectivity index (χ1v) is 7.57. The topological polar surface area (TPSA) is 47.9 Å². The van der Waals surface area contributed by atoms with Crippen LogP contribution in [-0.2, 0) is 4.79 Å². The van der Waals surface area contributed by atoms with Gasteiger partial charge in [-0.3, -0.25) is 9.69 Å². The minimum atomic E-state index is -0.0786. The predicted octanol–water partition coefficient (Wildman–Crippen LogP) is 1.43. The molecule has 0 spiro atoms. The van der Waals surface area contributed by atoms with E-state index in [1.165, 1.54) is 0 Å². The number of rotatable bonds is 5. The van der Waals surface area contributed by atoms with Crippen molar-refractivity contribution in [2.75, 3.05) is 39.3 Å².